The molecular weight excluding hydrogens is 570 g/mol. The Kier molecular flexibility index (Phi) is 10.4. The number of rotatable bonds is 12. The Morgan fingerprint density at radius 2 is 1.50 bits per heavy atom. The van der Waals surface area contributed by atoms with Gasteiger partial charge in [0.2, 0.25) is 11.8 Å². The van der Waals surface area contributed by atoms with Crippen molar-refractivity contribution in [2.45, 2.75) is 37.8 Å². The van der Waals surface area contributed by atoms with Gasteiger partial charge in [0, 0.05) is 24.5 Å². The van der Waals surface area contributed by atoms with Crippen molar-refractivity contribution >= 4 is 39.1 Å². The zero-order chi connectivity index (χ0) is 30.1. The molecule has 1 atom stereocenters. The van der Waals surface area contributed by atoms with Gasteiger partial charge in [0.1, 0.15) is 12.6 Å². The van der Waals surface area contributed by atoms with Crippen molar-refractivity contribution in [1.82, 2.24) is 10.2 Å². The molecule has 0 bridgehead atoms. The average molecular weight is 604 g/mol. The molecule has 4 aromatic rings. The lowest BCUT2D eigenvalue weighted by atomic mass is 10.0. The van der Waals surface area contributed by atoms with Gasteiger partial charge in [-0.1, -0.05) is 90.5 Å². The number of hydrogen-bond acceptors (Lipinski definition) is 4. The van der Waals surface area contributed by atoms with Gasteiger partial charge in [0.15, 0.2) is 0 Å². The highest BCUT2D eigenvalue weighted by atomic mass is 35.5. The molecule has 0 spiro atoms. The molecule has 0 radical (unpaired) electrons. The lowest BCUT2D eigenvalue weighted by Gasteiger charge is -2.34. The highest BCUT2D eigenvalue weighted by Crippen LogP contribution is 2.26. The van der Waals surface area contributed by atoms with Gasteiger partial charge in [0.25, 0.3) is 10.0 Å². The number of anilines is 1. The molecule has 1 N–H and O–H groups in total. The molecule has 218 valence electrons. The van der Waals surface area contributed by atoms with E-state index in [1.165, 1.54) is 17.0 Å². The molecular formula is C33H34ClN3O4S. The number of halogens is 1. The number of benzene rings is 4. The Balaban J connectivity index is 1.80. The predicted molar refractivity (Wildman–Crippen MR) is 167 cm³/mol. The molecule has 0 unspecified atom stereocenters. The van der Waals surface area contributed by atoms with Crippen LogP contribution in [-0.2, 0) is 32.6 Å². The Bertz CT molecular complexity index is 1610. The summed E-state index contributed by atoms with van der Waals surface area (Å²) in [5.41, 5.74) is 2.69. The Morgan fingerprint density at radius 1 is 0.857 bits per heavy atom. The molecule has 4 rings (SSSR count). The highest BCUT2D eigenvalue weighted by Gasteiger charge is 2.34. The van der Waals surface area contributed by atoms with E-state index in [1.807, 2.05) is 50.2 Å². The van der Waals surface area contributed by atoms with Crippen LogP contribution in [0.1, 0.15) is 23.6 Å². The third kappa shape index (κ3) is 7.57. The smallest absolute Gasteiger partial charge is 0.264 e. The van der Waals surface area contributed by atoms with Crippen LogP contribution in [-0.4, -0.2) is 44.3 Å². The Hall–Kier alpha value is -4.14. The summed E-state index contributed by atoms with van der Waals surface area (Å²) >= 11 is 6.51. The highest BCUT2D eigenvalue weighted by molar-refractivity contribution is 7.92. The molecule has 0 aliphatic carbocycles. The van der Waals surface area contributed by atoms with Crippen LogP contribution in [0.5, 0.6) is 0 Å². The largest absolute Gasteiger partial charge is 0.355 e. The predicted octanol–water partition coefficient (Wildman–Crippen LogP) is 5.62. The maximum atomic E-state index is 14.3. The number of carbonyl (C=O) groups is 2. The zero-order valence-electron chi connectivity index (χ0n) is 23.6. The second-order valence-electron chi connectivity index (χ2n) is 9.88. The zero-order valence-corrected chi connectivity index (χ0v) is 25.2. The van der Waals surface area contributed by atoms with E-state index < -0.39 is 28.5 Å². The molecule has 0 aromatic heterocycles. The fraction of sp³-hybridized carbons (Fsp3) is 0.212. The van der Waals surface area contributed by atoms with E-state index in [4.69, 9.17) is 11.6 Å². The minimum atomic E-state index is -4.14. The molecule has 0 fully saturated rings. The van der Waals surface area contributed by atoms with Gasteiger partial charge in [-0.15, -0.1) is 0 Å². The van der Waals surface area contributed by atoms with Crippen LogP contribution in [0.25, 0.3) is 0 Å². The van der Waals surface area contributed by atoms with Crippen LogP contribution in [0.15, 0.2) is 114 Å². The Morgan fingerprint density at radius 3 is 2.14 bits per heavy atom. The van der Waals surface area contributed by atoms with Crippen molar-refractivity contribution in [2.24, 2.45) is 0 Å². The van der Waals surface area contributed by atoms with E-state index in [0.717, 1.165) is 15.4 Å². The van der Waals surface area contributed by atoms with E-state index in [2.05, 4.69) is 5.32 Å². The van der Waals surface area contributed by atoms with Crippen LogP contribution in [0, 0.1) is 6.92 Å². The minimum Gasteiger partial charge on any atom is -0.355 e. The van der Waals surface area contributed by atoms with Crippen LogP contribution in [0.2, 0.25) is 5.02 Å². The van der Waals surface area contributed by atoms with Gasteiger partial charge in [-0.05, 0) is 60.9 Å². The maximum absolute atomic E-state index is 14.3. The first-order valence-corrected chi connectivity index (χ1v) is 15.5. The van der Waals surface area contributed by atoms with E-state index in [1.54, 1.807) is 60.7 Å². The van der Waals surface area contributed by atoms with Crippen molar-refractivity contribution in [2.75, 3.05) is 17.4 Å². The summed E-state index contributed by atoms with van der Waals surface area (Å²) in [6.07, 6.45) is 0.235. The van der Waals surface area contributed by atoms with E-state index in [-0.39, 0.29) is 23.8 Å². The van der Waals surface area contributed by atoms with Crippen LogP contribution >= 0.6 is 11.6 Å². The van der Waals surface area contributed by atoms with Crippen molar-refractivity contribution in [1.29, 1.82) is 0 Å². The second kappa shape index (κ2) is 14.2. The fourth-order valence-corrected chi connectivity index (χ4v) is 6.31. The van der Waals surface area contributed by atoms with E-state index in [0.29, 0.717) is 22.8 Å². The average Bonchev–Trinajstić information content (AvgIpc) is 2.99. The summed E-state index contributed by atoms with van der Waals surface area (Å²) < 4.78 is 29.0. The van der Waals surface area contributed by atoms with Gasteiger partial charge in [0.05, 0.1) is 10.6 Å². The molecule has 0 heterocycles. The van der Waals surface area contributed by atoms with E-state index in [9.17, 15) is 18.0 Å². The molecule has 2 amide bonds. The normalized spacial score (nSPS) is 11.9. The summed E-state index contributed by atoms with van der Waals surface area (Å²) in [7, 11) is -4.14. The monoisotopic (exact) mass is 603 g/mol. The first-order chi connectivity index (χ1) is 20.2. The van der Waals surface area contributed by atoms with Gasteiger partial charge in [-0.3, -0.25) is 13.9 Å². The van der Waals surface area contributed by atoms with Crippen molar-refractivity contribution < 1.29 is 18.0 Å². The summed E-state index contributed by atoms with van der Waals surface area (Å²) in [6.45, 7) is 3.53. The lowest BCUT2D eigenvalue weighted by molar-refractivity contribution is -0.140. The standard InChI is InChI=1S/C33H34ClN3O4S/c1-3-35-33(39)31(22-26-14-6-4-7-15-26)36(23-27-16-10-11-20-30(27)34)32(38)24-37(28-17-12-13-25(2)21-28)42(40,41)29-18-8-5-9-19-29/h4-21,31H,3,22-24H2,1-2H3,(H,35,39)/t31-/m1/s1. The summed E-state index contributed by atoms with van der Waals surface area (Å²) in [5.74, 6) is -0.877. The third-order valence-corrected chi connectivity index (χ3v) is 8.98. The molecule has 9 heteroatoms. The Labute approximate surface area is 252 Å². The summed E-state index contributed by atoms with van der Waals surface area (Å²) in [6, 6.07) is 30.6. The minimum absolute atomic E-state index is 0.0141. The van der Waals surface area contributed by atoms with Crippen LogP contribution in [0.3, 0.4) is 0 Å². The number of sulfonamides is 1. The van der Waals surface area contributed by atoms with Crippen molar-refractivity contribution in [3.8, 4) is 0 Å². The maximum Gasteiger partial charge on any atom is 0.264 e. The van der Waals surface area contributed by atoms with Crippen LogP contribution in [0.4, 0.5) is 5.69 Å². The number of nitrogens with one attached hydrogen (secondary N) is 1. The van der Waals surface area contributed by atoms with Crippen molar-refractivity contribution in [3.05, 3.63) is 131 Å². The number of likely N-dealkylation sites (N-methyl/N-ethyl adjacent to an activating group) is 1. The van der Waals surface area contributed by atoms with Gasteiger partial charge < -0.3 is 10.2 Å². The SMILES string of the molecule is CCNC(=O)[C@@H](Cc1ccccc1)N(Cc1ccccc1Cl)C(=O)CN(c1cccc(C)c1)S(=O)(=O)c1ccccc1. The van der Waals surface area contributed by atoms with Crippen LogP contribution < -0.4 is 9.62 Å². The fourth-order valence-electron chi connectivity index (χ4n) is 4.69. The van der Waals surface area contributed by atoms with Gasteiger partial charge in [-0.2, -0.15) is 0 Å². The summed E-state index contributed by atoms with van der Waals surface area (Å²) in [4.78, 5) is 29.4. The third-order valence-electron chi connectivity index (χ3n) is 6.82. The van der Waals surface area contributed by atoms with Crippen molar-refractivity contribution in [3.63, 3.8) is 0 Å². The molecule has 0 aliphatic heterocycles. The first-order valence-electron chi connectivity index (χ1n) is 13.7. The number of nitrogens with zero attached hydrogens (tertiary/aromatic N) is 2. The molecule has 0 aliphatic rings. The van der Waals surface area contributed by atoms with E-state index >= 15 is 0 Å². The first kappa shape index (κ1) is 30.8. The number of carbonyl (C=O) groups excluding carboxylic acids is 2. The summed E-state index contributed by atoms with van der Waals surface area (Å²) in [5, 5.41) is 3.29. The molecule has 7 nitrogen and oxygen atoms in total. The number of hydrogen-bond donors (Lipinski definition) is 1. The number of aryl methyl sites for hydroxylation is 1. The topological polar surface area (TPSA) is 86.8 Å². The molecule has 4 aromatic carbocycles. The van der Waals surface area contributed by atoms with Gasteiger partial charge >= 0.3 is 0 Å². The lowest BCUT2D eigenvalue weighted by Crippen LogP contribution is -2.53. The molecule has 42 heavy (non-hydrogen) atoms. The molecule has 0 saturated heterocycles. The number of amides is 2. The second-order valence-corrected chi connectivity index (χ2v) is 12.1. The quantitative estimate of drug-likeness (QED) is 0.228. The molecule has 0 saturated carbocycles. The van der Waals surface area contributed by atoms with Gasteiger partial charge in [-0.25, -0.2) is 8.42 Å².